The van der Waals surface area contributed by atoms with Crippen LogP contribution in [-0.2, 0) is 59.0 Å². The highest BCUT2D eigenvalue weighted by molar-refractivity contribution is 7.97. The lowest BCUT2D eigenvalue weighted by Gasteiger charge is -2.21. The Morgan fingerprint density at radius 1 is 0.400 bits per heavy atom. The summed E-state index contributed by atoms with van der Waals surface area (Å²) in [5, 5.41) is 7.72. The van der Waals surface area contributed by atoms with Crippen molar-refractivity contribution < 1.29 is 50.5 Å². The quantitative estimate of drug-likeness (QED) is 0.179. The van der Waals surface area contributed by atoms with E-state index in [1.165, 1.54) is 0 Å². The molecule has 3 aromatic rings. The topological polar surface area (TPSA) is 291 Å². The average Bonchev–Trinajstić information content (AvgIpc) is 3.42. The zero-order chi connectivity index (χ0) is 31.0. The van der Waals surface area contributed by atoms with Gasteiger partial charge in [0.25, 0.3) is 0 Å². The number of sulfone groups is 6. The third-order valence-corrected chi connectivity index (χ3v) is 14.5. The van der Waals surface area contributed by atoms with E-state index in [0.29, 0.717) is 37.5 Å². The Morgan fingerprint density at radius 3 is 0.750 bits per heavy atom. The van der Waals surface area contributed by atoms with Gasteiger partial charge < -0.3 is 0 Å². The largest absolute Gasteiger partial charge is 0.265 e. The van der Waals surface area contributed by atoms with E-state index in [4.69, 9.17) is 0 Å². The van der Waals surface area contributed by atoms with Crippen LogP contribution in [0.1, 0.15) is 0 Å². The minimum atomic E-state index is -4.54. The minimum absolute atomic E-state index is 0.584. The first-order chi connectivity index (χ1) is 17.7. The van der Waals surface area contributed by atoms with Crippen LogP contribution >= 0.6 is 7.92 Å². The average molecular weight is 701 g/mol. The summed E-state index contributed by atoms with van der Waals surface area (Å²) in [6, 6.07) is 0. The smallest absolute Gasteiger partial charge is 0.195 e. The summed E-state index contributed by atoms with van der Waals surface area (Å²) in [6.07, 6.45) is 3.54. The number of hydrogen-bond donors (Lipinski definition) is 3. The van der Waals surface area contributed by atoms with E-state index >= 15 is 0 Å². The van der Waals surface area contributed by atoms with Crippen molar-refractivity contribution in [3.8, 4) is 0 Å². The zero-order valence-electron chi connectivity index (χ0n) is 21.1. The van der Waals surface area contributed by atoms with Crippen molar-refractivity contribution in [1.82, 2.24) is 30.6 Å². The summed E-state index contributed by atoms with van der Waals surface area (Å²) >= 11 is 0. The van der Waals surface area contributed by atoms with Gasteiger partial charge in [0.1, 0.15) is 0 Å². The molecule has 0 spiro atoms. The molecule has 3 heterocycles. The fourth-order valence-corrected chi connectivity index (χ4v) is 14.3. The Labute approximate surface area is 230 Å². The molecule has 18 nitrogen and oxygen atoms in total. The van der Waals surface area contributed by atoms with Gasteiger partial charge in [0, 0.05) is 45.5 Å². The molecular formula is C15H21N6O12PS6. The van der Waals surface area contributed by atoms with Gasteiger partial charge in [-0.05, 0) is 0 Å². The van der Waals surface area contributed by atoms with Crippen LogP contribution in [0.15, 0.2) is 30.2 Å². The van der Waals surface area contributed by atoms with E-state index in [1.807, 2.05) is 15.3 Å². The number of aromatic amines is 3. The van der Waals surface area contributed by atoms with Crippen molar-refractivity contribution in [2.24, 2.45) is 0 Å². The van der Waals surface area contributed by atoms with Gasteiger partial charge in [-0.25, -0.2) is 50.5 Å². The Bertz CT molecular complexity index is 1810. The predicted octanol–water partition coefficient (Wildman–Crippen LogP) is -3.96. The molecule has 40 heavy (non-hydrogen) atoms. The lowest BCUT2D eigenvalue weighted by atomic mass is 10.7. The number of H-pyrrole nitrogens is 3. The van der Waals surface area contributed by atoms with Crippen LogP contribution < -0.4 is 15.9 Å². The maximum absolute atomic E-state index is 12.8. The van der Waals surface area contributed by atoms with Crippen LogP contribution in [0.4, 0.5) is 0 Å². The second-order valence-electron chi connectivity index (χ2n) is 8.59. The van der Waals surface area contributed by atoms with Crippen molar-refractivity contribution in [1.29, 1.82) is 0 Å². The van der Waals surface area contributed by atoms with Gasteiger partial charge in [-0.15, -0.1) is 0 Å². The van der Waals surface area contributed by atoms with Crippen LogP contribution in [0.25, 0.3) is 0 Å². The summed E-state index contributed by atoms with van der Waals surface area (Å²) < 4.78 is 153. The summed E-state index contributed by atoms with van der Waals surface area (Å²) in [4.78, 5) is 0. The predicted molar refractivity (Wildman–Crippen MR) is 140 cm³/mol. The first-order valence-corrected chi connectivity index (χ1v) is 22.6. The number of nitrogens with zero attached hydrogens (tertiary/aromatic N) is 3. The molecule has 224 valence electrons. The molecule has 0 atom stereocenters. The molecule has 0 radical (unpaired) electrons. The normalized spacial score (nSPS) is 14.2. The molecule has 0 aliphatic heterocycles. The number of rotatable bonds is 9. The standard InChI is InChI=1S/C15H21N6O12PS6/c1-35(22,23)10-7(11(17-16-10)36(2,24)25)34(8-12(37(3,26)27)18-19-13(8)38(4,28)29)9-14(39(5,30)31)20-21-15(9)40(6,32)33/h1-6H3,(H,16,17)(H,18,19)(H,20,21). The van der Waals surface area contributed by atoms with Crippen LogP contribution in [-0.4, -0.2) is 119 Å². The summed E-state index contributed by atoms with van der Waals surface area (Å²) in [7, 11) is -30.6. The van der Waals surface area contributed by atoms with Gasteiger partial charge in [0.15, 0.2) is 89.2 Å². The Hall–Kier alpha value is -2.24. The monoisotopic (exact) mass is 700 g/mol. The second-order valence-corrected chi connectivity index (χ2v) is 22.3. The molecule has 0 unspecified atom stereocenters. The maximum Gasteiger partial charge on any atom is 0.195 e. The zero-order valence-corrected chi connectivity index (χ0v) is 26.9. The van der Waals surface area contributed by atoms with Gasteiger partial charge >= 0.3 is 0 Å². The Morgan fingerprint density at radius 2 is 0.600 bits per heavy atom. The molecule has 0 aliphatic carbocycles. The molecule has 0 fully saturated rings. The van der Waals surface area contributed by atoms with E-state index in [2.05, 4.69) is 15.3 Å². The molecular weight excluding hydrogens is 680 g/mol. The van der Waals surface area contributed by atoms with Gasteiger partial charge in [-0.1, -0.05) is 0 Å². The minimum Gasteiger partial charge on any atom is -0.265 e. The highest BCUT2D eigenvalue weighted by atomic mass is 32.2. The van der Waals surface area contributed by atoms with Crippen LogP contribution in [0.3, 0.4) is 0 Å². The van der Waals surface area contributed by atoms with E-state index < -0.39 is 113 Å². The molecule has 3 N–H and O–H groups in total. The Balaban J connectivity index is 2.90. The van der Waals surface area contributed by atoms with Crippen LogP contribution in [0.5, 0.6) is 0 Å². The van der Waals surface area contributed by atoms with Gasteiger partial charge in [0.05, 0.1) is 15.9 Å². The number of aromatic nitrogens is 6. The summed E-state index contributed by atoms with van der Waals surface area (Å²) in [5.74, 6) is 0. The Kier molecular flexibility index (Phi) is 7.79. The molecule has 0 aliphatic rings. The highest BCUT2D eigenvalue weighted by Gasteiger charge is 2.45. The first kappa shape index (κ1) is 32.3. The van der Waals surface area contributed by atoms with Crippen LogP contribution in [0, 0.1) is 0 Å². The van der Waals surface area contributed by atoms with Gasteiger partial charge in [-0.3, -0.25) is 15.3 Å². The fourth-order valence-electron chi connectivity index (χ4n) is 3.39. The van der Waals surface area contributed by atoms with E-state index in [1.54, 1.807) is 0 Å². The van der Waals surface area contributed by atoms with E-state index in [-0.39, 0.29) is 0 Å². The third-order valence-electron chi connectivity index (χ3n) is 4.87. The summed E-state index contributed by atoms with van der Waals surface area (Å²) in [6.45, 7) is 0. The van der Waals surface area contributed by atoms with Crippen molar-refractivity contribution in [3.63, 3.8) is 0 Å². The van der Waals surface area contributed by atoms with Gasteiger partial charge in [-0.2, -0.15) is 15.3 Å². The molecule has 0 aromatic carbocycles. The fraction of sp³-hybridized carbons (Fsp3) is 0.400. The third kappa shape index (κ3) is 6.01. The summed E-state index contributed by atoms with van der Waals surface area (Å²) in [5.41, 5.74) is 0. The molecule has 3 rings (SSSR count). The lowest BCUT2D eigenvalue weighted by molar-refractivity contribution is 0.595. The van der Waals surface area contributed by atoms with Crippen molar-refractivity contribution >= 4 is 82.9 Å². The van der Waals surface area contributed by atoms with Crippen LogP contribution in [0.2, 0.25) is 0 Å². The first-order valence-electron chi connectivity index (χ1n) is 9.94. The van der Waals surface area contributed by atoms with Crippen molar-refractivity contribution in [2.45, 2.75) is 30.2 Å². The molecule has 0 saturated carbocycles. The van der Waals surface area contributed by atoms with E-state index in [0.717, 1.165) is 0 Å². The molecule has 0 bridgehead atoms. The number of hydrogen-bond acceptors (Lipinski definition) is 15. The molecule has 0 saturated heterocycles. The lowest BCUT2D eigenvalue weighted by Crippen LogP contribution is -2.34. The van der Waals surface area contributed by atoms with E-state index in [9.17, 15) is 50.5 Å². The number of nitrogens with one attached hydrogen (secondary N) is 3. The maximum atomic E-state index is 12.8. The molecule has 3 aromatic heterocycles. The van der Waals surface area contributed by atoms with Crippen molar-refractivity contribution in [3.05, 3.63) is 0 Å². The second kappa shape index (κ2) is 9.66. The van der Waals surface area contributed by atoms with Gasteiger partial charge in [0.2, 0.25) is 0 Å². The molecule has 0 amide bonds. The van der Waals surface area contributed by atoms with Crippen molar-refractivity contribution in [2.75, 3.05) is 37.5 Å². The molecule has 25 heteroatoms. The SMILES string of the molecule is CS(=O)(=O)c1n[nH]c(S(C)(=O)=O)c1P(c1c(S(C)(=O)=O)n[nH]c1S(C)(=O)=O)c1c(S(C)(=O)=O)n[nH]c1S(C)(=O)=O. The highest BCUT2D eigenvalue weighted by Crippen LogP contribution is 2.44.